The smallest absolute Gasteiger partial charge is 0.323 e. The number of anilines is 3. The Morgan fingerprint density at radius 1 is 1.02 bits per heavy atom. The van der Waals surface area contributed by atoms with Crippen molar-refractivity contribution in [1.29, 1.82) is 0 Å². The van der Waals surface area contributed by atoms with Gasteiger partial charge in [0.2, 0.25) is 5.95 Å². The summed E-state index contributed by atoms with van der Waals surface area (Å²) in [4.78, 5) is 25.7. The number of esters is 1. The van der Waals surface area contributed by atoms with Gasteiger partial charge in [-0.1, -0.05) is 19.3 Å². The van der Waals surface area contributed by atoms with Crippen molar-refractivity contribution in [1.82, 2.24) is 20.3 Å². The molecule has 0 spiro atoms. The molecule has 0 bridgehead atoms. The average molecular weight is 548 g/mol. The Hall–Kier alpha value is -3.66. The molecule has 1 aromatic carbocycles. The number of carbonyl (C=O) groups is 1. The number of pyridine rings is 1. The van der Waals surface area contributed by atoms with Crippen LogP contribution < -0.4 is 26.8 Å². The zero-order valence-electron chi connectivity index (χ0n) is 23.3. The molecule has 214 valence electrons. The minimum Gasteiger partial charge on any atom is -0.494 e. The topological polar surface area (TPSA) is 150 Å². The van der Waals surface area contributed by atoms with E-state index in [0.717, 1.165) is 66.5 Å². The second-order valence-electron chi connectivity index (χ2n) is 11.0. The summed E-state index contributed by atoms with van der Waals surface area (Å²) in [6.07, 6.45) is 12.6. The molecule has 2 saturated carbocycles. The van der Waals surface area contributed by atoms with Crippen molar-refractivity contribution in [3.8, 4) is 5.75 Å². The average Bonchev–Trinajstić information content (AvgIpc) is 3.46. The first-order chi connectivity index (χ1) is 19.5. The van der Waals surface area contributed by atoms with Crippen LogP contribution in [0.3, 0.4) is 0 Å². The molecule has 1 unspecified atom stereocenters. The highest BCUT2D eigenvalue weighted by molar-refractivity contribution is 5.90. The zero-order chi connectivity index (χ0) is 27.9. The fourth-order valence-corrected chi connectivity index (χ4v) is 5.75. The van der Waals surface area contributed by atoms with Crippen LogP contribution in [0.25, 0.3) is 11.0 Å². The molecule has 10 heteroatoms. The number of aromatic nitrogens is 3. The predicted octanol–water partition coefficient (Wildman–Crippen LogP) is 4.66. The standard InChI is InChI=1S/C30H41N7O3/c1-19-20(18-34-28-26(19)27(31)36-30(32)37-28)17-33-21-11-13-23(14-12-21)39-16-15-25(35-22-7-3-2-4-8-22)29(38)40-24-9-5-6-10-24/h11-14,18,22,24-25,33,35H,2-10,15-17H2,1H3,(H4,31,32,34,36,37). The summed E-state index contributed by atoms with van der Waals surface area (Å²) in [7, 11) is 0. The van der Waals surface area contributed by atoms with Gasteiger partial charge < -0.3 is 31.6 Å². The van der Waals surface area contributed by atoms with E-state index in [1.807, 2.05) is 31.2 Å². The van der Waals surface area contributed by atoms with Crippen LogP contribution >= 0.6 is 0 Å². The second kappa shape index (κ2) is 13.1. The maximum absolute atomic E-state index is 13.0. The number of nitrogens with zero attached hydrogens (tertiary/aromatic N) is 3. The summed E-state index contributed by atoms with van der Waals surface area (Å²) in [6.45, 7) is 2.98. The van der Waals surface area contributed by atoms with Crippen LogP contribution in [0, 0.1) is 6.92 Å². The van der Waals surface area contributed by atoms with Gasteiger partial charge in [-0.15, -0.1) is 0 Å². The zero-order valence-corrected chi connectivity index (χ0v) is 23.3. The Kier molecular flexibility index (Phi) is 9.15. The van der Waals surface area contributed by atoms with Gasteiger partial charge in [0.1, 0.15) is 23.7 Å². The first-order valence-corrected chi connectivity index (χ1v) is 14.6. The molecule has 2 aromatic heterocycles. The van der Waals surface area contributed by atoms with Gasteiger partial charge in [-0.05, 0) is 80.8 Å². The van der Waals surface area contributed by atoms with E-state index in [0.29, 0.717) is 37.1 Å². The number of rotatable bonds is 11. The Morgan fingerprint density at radius 3 is 2.50 bits per heavy atom. The predicted molar refractivity (Wildman–Crippen MR) is 157 cm³/mol. The van der Waals surface area contributed by atoms with Crippen LogP contribution in [0.1, 0.15) is 75.3 Å². The van der Waals surface area contributed by atoms with Crippen molar-refractivity contribution in [2.45, 2.75) is 95.9 Å². The Balaban J connectivity index is 1.13. The lowest BCUT2D eigenvalue weighted by Gasteiger charge is -2.28. The van der Waals surface area contributed by atoms with Crippen LogP contribution in [0.4, 0.5) is 17.5 Å². The Morgan fingerprint density at radius 2 is 1.75 bits per heavy atom. The van der Waals surface area contributed by atoms with E-state index < -0.39 is 0 Å². The summed E-state index contributed by atoms with van der Waals surface area (Å²) >= 11 is 0. The molecule has 10 nitrogen and oxygen atoms in total. The summed E-state index contributed by atoms with van der Waals surface area (Å²) < 4.78 is 11.9. The number of hydrogen-bond donors (Lipinski definition) is 4. The second-order valence-corrected chi connectivity index (χ2v) is 11.0. The quantitative estimate of drug-likeness (QED) is 0.250. The van der Waals surface area contributed by atoms with Crippen LogP contribution in [0.5, 0.6) is 5.75 Å². The molecule has 2 aliphatic carbocycles. The molecule has 5 rings (SSSR count). The van der Waals surface area contributed by atoms with Gasteiger partial charge in [-0.2, -0.15) is 9.97 Å². The lowest BCUT2D eigenvalue weighted by atomic mass is 9.94. The maximum atomic E-state index is 13.0. The lowest BCUT2D eigenvalue weighted by Crippen LogP contribution is -2.46. The van der Waals surface area contributed by atoms with Crippen LogP contribution in [0.15, 0.2) is 30.5 Å². The molecule has 2 aliphatic rings. The molecule has 0 saturated heterocycles. The maximum Gasteiger partial charge on any atom is 0.323 e. The monoisotopic (exact) mass is 547 g/mol. The van der Waals surface area contributed by atoms with E-state index in [1.54, 1.807) is 6.20 Å². The summed E-state index contributed by atoms with van der Waals surface area (Å²) in [6, 6.07) is 7.86. The van der Waals surface area contributed by atoms with Crippen molar-refractivity contribution < 1.29 is 14.3 Å². The van der Waals surface area contributed by atoms with E-state index in [4.69, 9.17) is 20.9 Å². The summed E-state index contributed by atoms with van der Waals surface area (Å²) in [5.74, 6) is 1.08. The molecule has 0 radical (unpaired) electrons. The first kappa shape index (κ1) is 27.9. The number of hydrogen-bond acceptors (Lipinski definition) is 10. The van der Waals surface area contributed by atoms with Gasteiger partial charge in [0.25, 0.3) is 0 Å². The van der Waals surface area contributed by atoms with Crippen LogP contribution in [-0.2, 0) is 16.1 Å². The molecule has 0 amide bonds. The molecule has 2 heterocycles. The minimum atomic E-state index is -0.334. The highest BCUT2D eigenvalue weighted by Gasteiger charge is 2.28. The normalized spacial score (nSPS) is 17.1. The van der Waals surface area contributed by atoms with Gasteiger partial charge in [0.15, 0.2) is 5.65 Å². The number of carbonyl (C=O) groups excluding carboxylic acids is 1. The molecule has 3 aromatic rings. The number of nitrogen functional groups attached to an aromatic ring is 2. The summed E-state index contributed by atoms with van der Waals surface area (Å²) in [5, 5.41) is 7.73. The van der Waals surface area contributed by atoms with E-state index in [1.165, 1.54) is 19.3 Å². The Labute approximate surface area is 235 Å². The molecule has 2 fully saturated rings. The van der Waals surface area contributed by atoms with Crippen molar-refractivity contribution >= 4 is 34.5 Å². The van der Waals surface area contributed by atoms with Crippen LogP contribution in [0.2, 0.25) is 0 Å². The third kappa shape index (κ3) is 7.10. The number of fused-ring (bicyclic) bond motifs is 1. The van der Waals surface area contributed by atoms with Crippen molar-refractivity contribution in [3.63, 3.8) is 0 Å². The Bertz CT molecular complexity index is 1290. The summed E-state index contributed by atoms with van der Waals surface area (Å²) in [5.41, 5.74) is 15.2. The van der Waals surface area contributed by atoms with Gasteiger partial charge in [-0.3, -0.25) is 4.79 Å². The van der Waals surface area contributed by atoms with Gasteiger partial charge in [0, 0.05) is 30.9 Å². The van der Waals surface area contributed by atoms with Crippen molar-refractivity contribution in [2.24, 2.45) is 0 Å². The SMILES string of the molecule is Cc1c(CNc2ccc(OCCC(NC3CCCCC3)C(=O)OC3CCCC3)cc2)cnc2nc(N)nc(N)c12. The number of nitrogens with one attached hydrogen (secondary N) is 2. The molecule has 1 atom stereocenters. The van der Waals surface area contributed by atoms with Gasteiger partial charge in [0.05, 0.1) is 12.0 Å². The molecule has 0 aliphatic heterocycles. The number of nitrogens with two attached hydrogens (primary N) is 2. The highest BCUT2D eigenvalue weighted by Crippen LogP contribution is 2.26. The fourth-order valence-electron chi connectivity index (χ4n) is 5.75. The highest BCUT2D eigenvalue weighted by atomic mass is 16.5. The molecule has 6 N–H and O–H groups in total. The van der Waals surface area contributed by atoms with E-state index in [2.05, 4.69) is 25.6 Å². The molecular weight excluding hydrogens is 506 g/mol. The van der Waals surface area contributed by atoms with E-state index in [-0.39, 0.29) is 24.1 Å². The lowest BCUT2D eigenvalue weighted by molar-refractivity contribution is -0.152. The fraction of sp³-hybridized carbons (Fsp3) is 0.533. The number of benzene rings is 1. The minimum absolute atomic E-state index is 0.0720. The van der Waals surface area contributed by atoms with E-state index in [9.17, 15) is 4.79 Å². The van der Waals surface area contributed by atoms with Gasteiger partial charge in [-0.25, -0.2) is 4.98 Å². The van der Waals surface area contributed by atoms with Crippen molar-refractivity contribution in [2.75, 3.05) is 23.4 Å². The number of ether oxygens (including phenoxy) is 2. The molecular formula is C30H41N7O3. The van der Waals surface area contributed by atoms with Gasteiger partial charge >= 0.3 is 5.97 Å². The molecule has 40 heavy (non-hydrogen) atoms. The van der Waals surface area contributed by atoms with Crippen molar-refractivity contribution in [3.05, 3.63) is 41.6 Å². The first-order valence-electron chi connectivity index (χ1n) is 14.6. The van der Waals surface area contributed by atoms with Crippen LogP contribution in [-0.4, -0.2) is 45.7 Å². The third-order valence-corrected chi connectivity index (χ3v) is 8.06. The number of aryl methyl sites for hydroxylation is 1. The largest absolute Gasteiger partial charge is 0.494 e. The third-order valence-electron chi connectivity index (χ3n) is 8.06. The van der Waals surface area contributed by atoms with E-state index >= 15 is 0 Å².